The minimum Gasteiger partial charge on any atom is -0.381 e. The maximum absolute atomic E-state index is 5.32. The van der Waals surface area contributed by atoms with Crippen molar-refractivity contribution in [2.24, 2.45) is 0 Å². The summed E-state index contributed by atoms with van der Waals surface area (Å²) in [4.78, 5) is 4.42. The summed E-state index contributed by atoms with van der Waals surface area (Å²) in [7, 11) is 0. The molecule has 1 atom stereocenters. The Morgan fingerprint density at radius 1 is 1.44 bits per heavy atom. The minimum atomic E-state index is 0.281. The van der Waals surface area contributed by atoms with Crippen molar-refractivity contribution in [3.05, 3.63) is 29.2 Å². The van der Waals surface area contributed by atoms with E-state index in [1.54, 1.807) is 0 Å². The second kappa shape index (κ2) is 4.53. The maximum atomic E-state index is 5.32. The molecule has 0 amide bonds. The lowest BCUT2D eigenvalue weighted by Gasteiger charge is -1.99. The molecule has 0 bridgehead atoms. The SMILES string of the molecule is Cc1cc(C)n(Cc2nc([C@H]3CCOC3)no2)n1. The fourth-order valence-corrected chi connectivity index (χ4v) is 2.20. The number of rotatable bonds is 3. The van der Waals surface area contributed by atoms with E-state index in [0.717, 1.165) is 30.2 Å². The van der Waals surface area contributed by atoms with Gasteiger partial charge in [-0.05, 0) is 26.3 Å². The first-order valence-electron chi connectivity index (χ1n) is 6.13. The van der Waals surface area contributed by atoms with E-state index in [1.165, 1.54) is 0 Å². The third-order valence-electron chi connectivity index (χ3n) is 3.17. The molecule has 3 heterocycles. The highest BCUT2D eigenvalue weighted by Gasteiger charge is 2.23. The first-order valence-corrected chi connectivity index (χ1v) is 6.13. The molecular weight excluding hydrogens is 232 g/mol. The van der Waals surface area contributed by atoms with Crippen molar-refractivity contribution in [3.8, 4) is 0 Å². The second-order valence-electron chi connectivity index (χ2n) is 4.69. The van der Waals surface area contributed by atoms with E-state index in [4.69, 9.17) is 9.26 Å². The Kier molecular flexibility index (Phi) is 2.87. The summed E-state index contributed by atoms with van der Waals surface area (Å²) in [6.07, 6.45) is 0.971. The van der Waals surface area contributed by atoms with Crippen LogP contribution in [0.5, 0.6) is 0 Å². The number of hydrogen-bond donors (Lipinski definition) is 0. The van der Waals surface area contributed by atoms with Gasteiger partial charge in [0, 0.05) is 18.2 Å². The smallest absolute Gasteiger partial charge is 0.248 e. The number of aryl methyl sites for hydroxylation is 2. The van der Waals surface area contributed by atoms with Crippen molar-refractivity contribution < 1.29 is 9.26 Å². The number of hydrogen-bond acceptors (Lipinski definition) is 5. The largest absolute Gasteiger partial charge is 0.381 e. The molecule has 18 heavy (non-hydrogen) atoms. The van der Waals surface area contributed by atoms with Gasteiger partial charge in [0.15, 0.2) is 5.82 Å². The molecule has 2 aromatic rings. The van der Waals surface area contributed by atoms with Gasteiger partial charge in [-0.3, -0.25) is 4.68 Å². The zero-order valence-electron chi connectivity index (χ0n) is 10.6. The van der Waals surface area contributed by atoms with E-state index in [2.05, 4.69) is 15.2 Å². The zero-order valence-corrected chi connectivity index (χ0v) is 10.6. The summed E-state index contributed by atoms with van der Waals surface area (Å²) in [5, 5.41) is 8.40. The van der Waals surface area contributed by atoms with E-state index >= 15 is 0 Å². The van der Waals surface area contributed by atoms with Gasteiger partial charge in [0.2, 0.25) is 5.89 Å². The van der Waals surface area contributed by atoms with Crippen molar-refractivity contribution in [1.29, 1.82) is 0 Å². The third kappa shape index (κ3) is 2.15. The van der Waals surface area contributed by atoms with Crippen LogP contribution in [-0.2, 0) is 11.3 Å². The van der Waals surface area contributed by atoms with Crippen LogP contribution in [0.1, 0.15) is 35.4 Å². The molecule has 6 heteroatoms. The summed E-state index contributed by atoms with van der Waals surface area (Å²) in [6, 6.07) is 2.03. The van der Waals surface area contributed by atoms with Crippen molar-refractivity contribution in [2.45, 2.75) is 32.7 Å². The molecule has 0 saturated carbocycles. The van der Waals surface area contributed by atoms with E-state index in [1.807, 2.05) is 24.6 Å². The quantitative estimate of drug-likeness (QED) is 0.822. The van der Waals surface area contributed by atoms with Crippen LogP contribution in [0.2, 0.25) is 0 Å². The standard InChI is InChI=1S/C12H16N4O2/c1-8-5-9(2)16(14-8)6-11-13-12(15-18-11)10-3-4-17-7-10/h5,10H,3-4,6-7H2,1-2H3/t10-/m0/s1. The van der Waals surface area contributed by atoms with Crippen LogP contribution in [0.4, 0.5) is 0 Å². The number of aromatic nitrogens is 4. The molecule has 1 fully saturated rings. The van der Waals surface area contributed by atoms with Gasteiger partial charge in [-0.2, -0.15) is 10.1 Å². The van der Waals surface area contributed by atoms with Crippen LogP contribution in [0.3, 0.4) is 0 Å². The summed E-state index contributed by atoms with van der Waals surface area (Å²) in [5.41, 5.74) is 2.09. The summed E-state index contributed by atoms with van der Waals surface area (Å²) >= 11 is 0. The van der Waals surface area contributed by atoms with Crippen molar-refractivity contribution in [2.75, 3.05) is 13.2 Å². The maximum Gasteiger partial charge on any atom is 0.248 e. The first-order chi connectivity index (χ1) is 8.72. The molecule has 0 radical (unpaired) electrons. The zero-order chi connectivity index (χ0) is 12.5. The molecule has 0 spiro atoms. The Bertz CT molecular complexity index is 540. The third-order valence-corrected chi connectivity index (χ3v) is 3.17. The van der Waals surface area contributed by atoms with Gasteiger partial charge < -0.3 is 9.26 Å². The van der Waals surface area contributed by atoms with Gasteiger partial charge >= 0.3 is 0 Å². The fraction of sp³-hybridized carbons (Fsp3) is 0.583. The molecule has 96 valence electrons. The predicted octanol–water partition coefficient (Wildman–Crippen LogP) is 1.44. The molecule has 0 unspecified atom stereocenters. The lowest BCUT2D eigenvalue weighted by atomic mass is 10.1. The molecule has 1 aliphatic heterocycles. The molecule has 6 nitrogen and oxygen atoms in total. The van der Waals surface area contributed by atoms with Gasteiger partial charge in [-0.15, -0.1) is 0 Å². The van der Waals surface area contributed by atoms with Crippen LogP contribution in [0.15, 0.2) is 10.6 Å². The van der Waals surface area contributed by atoms with Crippen LogP contribution >= 0.6 is 0 Å². The first kappa shape index (κ1) is 11.4. The summed E-state index contributed by atoms with van der Waals surface area (Å²) in [6.45, 7) is 5.99. The Hall–Kier alpha value is -1.69. The van der Waals surface area contributed by atoms with E-state index in [0.29, 0.717) is 19.0 Å². The number of nitrogens with zero attached hydrogens (tertiary/aromatic N) is 4. The topological polar surface area (TPSA) is 66.0 Å². The van der Waals surface area contributed by atoms with Crippen LogP contribution in [-0.4, -0.2) is 33.1 Å². The van der Waals surface area contributed by atoms with Crippen molar-refractivity contribution >= 4 is 0 Å². The molecule has 1 saturated heterocycles. The fourth-order valence-electron chi connectivity index (χ4n) is 2.20. The highest BCUT2D eigenvalue weighted by atomic mass is 16.5. The molecular formula is C12H16N4O2. The van der Waals surface area contributed by atoms with Crippen molar-refractivity contribution in [3.63, 3.8) is 0 Å². The van der Waals surface area contributed by atoms with E-state index in [-0.39, 0.29) is 5.92 Å². The normalized spacial score (nSPS) is 19.6. The van der Waals surface area contributed by atoms with Gasteiger partial charge in [-0.25, -0.2) is 0 Å². The molecule has 0 aliphatic carbocycles. The highest BCUT2D eigenvalue weighted by molar-refractivity contribution is 5.07. The van der Waals surface area contributed by atoms with Crippen LogP contribution < -0.4 is 0 Å². The lowest BCUT2D eigenvalue weighted by Crippen LogP contribution is -2.05. The van der Waals surface area contributed by atoms with Gasteiger partial charge in [0.1, 0.15) is 6.54 Å². The Morgan fingerprint density at radius 2 is 2.33 bits per heavy atom. The average Bonchev–Trinajstić information content (AvgIpc) is 3.02. The lowest BCUT2D eigenvalue weighted by molar-refractivity contribution is 0.192. The van der Waals surface area contributed by atoms with Gasteiger partial charge in [0.05, 0.1) is 12.3 Å². The highest BCUT2D eigenvalue weighted by Crippen LogP contribution is 2.22. The predicted molar refractivity (Wildman–Crippen MR) is 63.3 cm³/mol. The van der Waals surface area contributed by atoms with E-state index < -0.39 is 0 Å². The molecule has 1 aliphatic rings. The van der Waals surface area contributed by atoms with Crippen molar-refractivity contribution in [1.82, 2.24) is 19.9 Å². The number of ether oxygens (including phenoxy) is 1. The Morgan fingerprint density at radius 3 is 3.00 bits per heavy atom. The van der Waals surface area contributed by atoms with E-state index in [9.17, 15) is 0 Å². The van der Waals surface area contributed by atoms with Gasteiger partial charge in [0.25, 0.3) is 0 Å². The van der Waals surface area contributed by atoms with Crippen LogP contribution in [0, 0.1) is 13.8 Å². The van der Waals surface area contributed by atoms with Crippen LogP contribution in [0.25, 0.3) is 0 Å². The average molecular weight is 248 g/mol. The Labute approximate surface area is 105 Å². The summed E-state index contributed by atoms with van der Waals surface area (Å²) < 4.78 is 12.5. The molecule has 0 N–H and O–H groups in total. The minimum absolute atomic E-state index is 0.281. The molecule has 0 aromatic carbocycles. The molecule has 3 rings (SSSR count). The molecule has 2 aromatic heterocycles. The monoisotopic (exact) mass is 248 g/mol. The summed E-state index contributed by atoms with van der Waals surface area (Å²) in [5.74, 6) is 1.63. The van der Waals surface area contributed by atoms with Gasteiger partial charge in [-0.1, -0.05) is 5.16 Å². The Balaban J connectivity index is 1.75. The second-order valence-corrected chi connectivity index (χ2v) is 4.69.